The van der Waals surface area contributed by atoms with Gasteiger partial charge in [-0.15, -0.1) is 0 Å². The zero-order valence-electron chi connectivity index (χ0n) is 46.0. The van der Waals surface area contributed by atoms with Crippen LogP contribution in [0.5, 0.6) is 0 Å². The highest BCUT2D eigenvalue weighted by Crippen LogP contribution is 2.47. The van der Waals surface area contributed by atoms with Gasteiger partial charge < -0.3 is 18.3 Å². The molecule has 0 saturated carbocycles. The van der Waals surface area contributed by atoms with Crippen LogP contribution in [0.4, 0.5) is 5.69 Å². The van der Waals surface area contributed by atoms with Crippen LogP contribution in [-0.2, 0) is 0 Å². The molecule has 398 valence electrons. The molecule has 17 aromatic rings. The lowest BCUT2D eigenvalue weighted by atomic mass is 10.00. The number of benzene rings is 12. The van der Waals surface area contributed by atoms with Gasteiger partial charge in [-0.2, -0.15) is 5.26 Å². The van der Waals surface area contributed by atoms with Crippen molar-refractivity contribution >= 4 is 92.9 Å². The highest BCUT2D eigenvalue weighted by molar-refractivity contribution is 6.28. The van der Waals surface area contributed by atoms with Crippen molar-refractivity contribution in [2.75, 3.05) is 0 Å². The van der Waals surface area contributed by atoms with Gasteiger partial charge in [0.25, 0.3) is 0 Å². The Balaban J connectivity index is 0.958. The normalized spacial score (nSPS) is 11.7. The van der Waals surface area contributed by atoms with Gasteiger partial charge in [0.15, 0.2) is 23.2 Å². The van der Waals surface area contributed by atoms with Gasteiger partial charge >= 0.3 is 0 Å². The zero-order chi connectivity index (χ0) is 57.0. The van der Waals surface area contributed by atoms with E-state index in [1.807, 2.05) is 72.8 Å². The number of hydrogen-bond donors (Lipinski definition) is 0. The standard InChI is InChI=1S/C77H45N9/c1-79-52-38-42-67(85-65-31-17-13-27-59(65)71-68(85)43-40-57-55-25-11-15-29-63(55)83(73(57)71)53-21-7-3-8-22-53)62(46-52)77-81-75(50-19-5-2-6-20-50)80-76(82-77)61-39-37-51(49-35-33-48(47-78)34-36-49)45-70(61)86-66-32-18-14-28-60(66)72-69(86)44-41-58-56-26-12-16-30-64(56)84(74(58)72)54-23-9-4-10-24-54/h2-46H. The Morgan fingerprint density at radius 1 is 0.326 bits per heavy atom. The number of fused-ring (bicyclic) bond motifs is 14. The van der Waals surface area contributed by atoms with Crippen LogP contribution in [0.3, 0.4) is 0 Å². The SMILES string of the molecule is [C-]#[N+]c1ccc(-n2c3ccccc3c3c2ccc2c4ccccc4n(-c4ccccc4)c23)c(-c2nc(-c3ccccc3)nc(-c3ccc(-c4ccc(C#N)cc4)cc3-n3c4ccccc4c4c3ccc3c5ccccc5n(-c5ccccc5)c34)n2)c1. The molecule has 0 saturated heterocycles. The second-order valence-electron chi connectivity index (χ2n) is 21.7. The van der Waals surface area contributed by atoms with E-state index in [-0.39, 0.29) is 0 Å². The third kappa shape index (κ3) is 7.32. The van der Waals surface area contributed by atoms with Gasteiger partial charge in [0, 0.05) is 71.2 Å². The molecule has 0 amide bonds. The van der Waals surface area contributed by atoms with Crippen LogP contribution in [0.25, 0.3) is 160 Å². The molecule has 5 aromatic heterocycles. The molecule has 0 aliphatic rings. The fourth-order valence-electron chi connectivity index (χ4n) is 13.4. The van der Waals surface area contributed by atoms with Crippen molar-refractivity contribution in [3.8, 4) is 74.1 Å². The quantitative estimate of drug-likeness (QED) is 0.142. The summed E-state index contributed by atoms with van der Waals surface area (Å²) in [5.41, 5.74) is 17.5. The Kier molecular flexibility index (Phi) is 10.8. The molecule has 0 atom stereocenters. The second kappa shape index (κ2) is 19.2. The molecule has 0 aliphatic carbocycles. The summed E-state index contributed by atoms with van der Waals surface area (Å²) >= 11 is 0. The summed E-state index contributed by atoms with van der Waals surface area (Å²) in [5.74, 6) is 1.36. The Morgan fingerprint density at radius 2 is 0.779 bits per heavy atom. The Labute approximate surface area is 492 Å². The summed E-state index contributed by atoms with van der Waals surface area (Å²) in [5, 5.41) is 18.9. The van der Waals surface area contributed by atoms with E-state index in [1.165, 1.54) is 10.8 Å². The third-order valence-electron chi connectivity index (χ3n) is 17.1. The highest BCUT2D eigenvalue weighted by Gasteiger charge is 2.27. The maximum atomic E-state index is 9.87. The predicted molar refractivity (Wildman–Crippen MR) is 350 cm³/mol. The fraction of sp³-hybridized carbons (Fsp3) is 0. The molecule has 12 aromatic carbocycles. The number of nitriles is 1. The first-order valence-electron chi connectivity index (χ1n) is 28.6. The lowest BCUT2D eigenvalue weighted by molar-refractivity contribution is 1.06. The molecule has 9 nitrogen and oxygen atoms in total. The van der Waals surface area contributed by atoms with E-state index in [0.29, 0.717) is 34.3 Å². The number of rotatable bonds is 8. The van der Waals surface area contributed by atoms with Crippen LogP contribution in [-0.4, -0.2) is 33.2 Å². The molecular formula is C77H45N9. The van der Waals surface area contributed by atoms with Gasteiger partial charge in [-0.05, 0) is 108 Å². The Bertz CT molecular complexity index is 5720. The largest absolute Gasteiger partial charge is 0.309 e. The van der Waals surface area contributed by atoms with Gasteiger partial charge in [-0.25, -0.2) is 19.8 Å². The minimum absolute atomic E-state index is 0.415. The van der Waals surface area contributed by atoms with Crippen LogP contribution >= 0.6 is 0 Å². The zero-order valence-corrected chi connectivity index (χ0v) is 46.0. The van der Waals surface area contributed by atoms with Crippen molar-refractivity contribution in [3.05, 3.63) is 290 Å². The van der Waals surface area contributed by atoms with Crippen LogP contribution in [0, 0.1) is 17.9 Å². The molecule has 0 bridgehead atoms. The molecule has 86 heavy (non-hydrogen) atoms. The Hall–Kier alpha value is -12.2. The fourth-order valence-corrected chi connectivity index (χ4v) is 13.4. The summed E-state index contributed by atoms with van der Waals surface area (Å²) in [6.45, 7) is 8.45. The summed E-state index contributed by atoms with van der Waals surface area (Å²) in [4.78, 5) is 20.6. The van der Waals surface area contributed by atoms with E-state index in [0.717, 1.165) is 121 Å². The van der Waals surface area contributed by atoms with E-state index >= 15 is 0 Å². The monoisotopic (exact) mass is 1100 g/mol. The molecular weight excluding hydrogens is 1050 g/mol. The number of hydrogen-bond acceptors (Lipinski definition) is 4. The molecule has 9 heteroatoms. The lowest BCUT2D eigenvalue weighted by Crippen LogP contribution is -2.05. The summed E-state index contributed by atoms with van der Waals surface area (Å²) in [6, 6.07) is 97.2. The van der Waals surface area contributed by atoms with E-state index in [9.17, 15) is 5.26 Å². The minimum atomic E-state index is 0.415. The molecule has 0 unspecified atom stereocenters. The first-order chi connectivity index (χ1) is 42.6. The van der Waals surface area contributed by atoms with Crippen LogP contribution in [0.2, 0.25) is 0 Å². The molecule has 0 N–H and O–H groups in total. The van der Waals surface area contributed by atoms with Gasteiger partial charge in [0.05, 0.1) is 73.7 Å². The first kappa shape index (κ1) is 48.5. The van der Waals surface area contributed by atoms with E-state index in [2.05, 4.69) is 229 Å². The minimum Gasteiger partial charge on any atom is -0.309 e. The molecule has 0 radical (unpaired) electrons. The van der Waals surface area contributed by atoms with Gasteiger partial charge in [-0.1, -0.05) is 176 Å². The molecule has 0 spiro atoms. The van der Waals surface area contributed by atoms with Crippen molar-refractivity contribution < 1.29 is 0 Å². The maximum Gasteiger partial charge on any atom is 0.188 e. The van der Waals surface area contributed by atoms with E-state index in [4.69, 9.17) is 21.5 Å². The second-order valence-corrected chi connectivity index (χ2v) is 21.7. The van der Waals surface area contributed by atoms with E-state index < -0.39 is 0 Å². The van der Waals surface area contributed by atoms with E-state index in [1.54, 1.807) is 0 Å². The van der Waals surface area contributed by atoms with Crippen molar-refractivity contribution in [3.63, 3.8) is 0 Å². The summed E-state index contributed by atoms with van der Waals surface area (Å²) < 4.78 is 9.48. The van der Waals surface area contributed by atoms with Crippen molar-refractivity contribution in [1.82, 2.24) is 33.2 Å². The number of nitrogens with zero attached hydrogens (tertiary/aromatic N) is 9. The highest BCUT2D eigenvalue weighted by atomic mass is 15.1. The van der Waals surface area contributed by atoms with Gasteiger partial charge in [0.2, 0.25) is 0 Å². The van der Waals surface area contributed by atoms with Crippen LogP contribution < -0.4 is 0 Å². The average molecular weight is 1100 g/mol. The topological polar surface area (TPSA) is 86.5 Å². The summed E-state index contributed by atoms with van der Waals surface area (Å²) in [7, 11) is 0. The lowest BCUT2D eigenvalue weighted by Gasteiger charge is -2.18. The number of aromatic nitrogens is 7. The molecule has 0 aliphatic heterocycles. The third-order valence-corrected chi connectivity index (χ3v) is 17.1. The van der Waals surface area contributed by atoms with Crippen LogP contribution in [0.1, 0.15) is 5.56 Å². The number of para-hydroxylation sites is 6. The smallest absolute Gasteiger partial charge is 0.188 e. The maximum absolute atomic E-state index is 9.87. The van der Waals surface area contributed by atoms with Crippen molar-refractivity contribution in [2.24, 2.45) is 0 Å². The van der Waals surface area contributed by atoms with Crippen molar-refractivity contribution in [2.45, 2.75) is 0 Å². The summed E-state index contributed by atoms with van der Waals surface area (Å²) in [6.07, 6.45) is 0. The molecule has 0 fully saturated rings. The van der Waals surface area contributed by atoms with Crippen LogP contribution in [0.15, 0.2) is 273 Å². The van der Waals surface area contributed by atoms with Crippen molar-refractivity contribution in [1.29, 1.82) is 5.26 Å². The van der Waals surface area contributed by atoms with Gasteiger partial charge in [-0.3, -0.25) is 0 Å². The predicted octanol–water partition coefficient (Wildman–Crippen LogP) is 19.4. The molecule has 17 rings (SSSR count). The molecule has 5 heterocycles. The van der Waals surface area contributed by atoms with Gasteiger partial charge in [0.1, 0.15) is 0 Å². The average Bonchev–Trinajstić information content (AvgIpc) is 1.61. The Morgan fingerprint density at radius 3 is 1.31 bits per heavy atom. The first-order valence-corrected chi connectivity index (χ1v) is 28.6.